The van der Waals surface area contributed by atoms with Gasteiger partial charge in [0.1, 0.15) is 0 Å². The van der Waals surface area contributed by atoms with Crippen LogP contribution in [0.3, 0.4) is 0 Å². The highest BCUT2D eigenvalue weighted by Gasteiger charge is 2.06. The Balaban J connectivity index is 1.82. The van der Waals surface area contributed by atoms with E-state index in [1.165, 1.54) is 0 Å². The van der Waals surface area contributed by atoms with E-state index in [0.717, 1.165) is 45.4 Å². The van der Waals surface area contributed by atoms with Crippen molar-refractivity contribution in [1.29, 1.82) is 0 Å². The second kappa shape index (κ2) is 5.76. The van der Waals surface area contributed by atoms with Crippen LogP contribution >= 0.6 is 27.3 Å². The van der Waals surface area contributed by atoms with Gasteiger partial charge in [0.25, 0.3) is 0 Å². The van der Waals surface area contributed by atoms with Crippen LogP contribution in [0.25, 0.3) is 10.9 Å². The van der Waals surface area contributed by atoms with Crippen LogP contribution in [0.15, 0.2) is 39.8 Å². The maximum atomic E-state index is 6.00. The van der Waals surface area contributed by atoms with Gasteiger partial charge in [0.05, 0.1) is 22.4 Å². The minimum absolute atomic E-state index is 0.735. The first-order valence-electron chi connectivity index (χ1n) is 6.19. The predicted molar refractivity (Wildman–Crippen MR) is 88.2 cm³/mol. The van der Waals surface area contributed by atoms with Gasteiger partial charge in [-0.25, -0.2) is 4.98 Å². The van der Waals surface area contributed by atoms with E-state index in [1.54, 1.807) is 17.5 Å². The van der Waals surface area contributed by atoms with Crippen molar-refractivity contribution in [1.82, 2.24) is 9.97 Å². The molecule has 4 nitrogen and oxygen atoms in total. The Hall–Kier alpha value is -1.66. The molecule has 2 heterocycles. The van der Waals surface area contributed by atoms with Crippen LogP contribution in [0.1, 0.15) is 5.69 Å². The first-order chi connectivity index (χ1) is 9.74. The Morgan fingerprint density at radius 1 is 1.30 bits per heavy atom. The molecule has 20 heavy (non-hydrogen) atoms. The van der Waals surface area contributed by atoms with Crippen molar-refractivity contribution >= 4 is 49.5 Å². The molecule has 0 radical (unpaired) electrons. The first kappa shape index (κ1) is 13.3. The van der Waals surface area contributed by atoms with Crippen molar-refractivity contribution in [3.05, 3.63) is 45.5 Å². The second-order valence-corrected chi connectivity index (χ2v) is 6.04. The number of fused-ring (bicyclic) bond motifs is 1. The quantitative estimate of drug-likeness (QED) is 0.705. The van der Waals surface area contributed by atoms with E-state index in [-0.39, 0.29) is 0 Å². The number of thiazole rings is 1. The van der Waals surface area contributed by atoms with Crippen molar-refractivity contribution < 1.29 is 0 Å². The fraction of sp³-hybridized carbons (Fsp3) is 0.143. The summed E-state index contributed by atoms with van der Waals surface area (Å²) >= 11 is 5.04. The number of hydrogen-bond donors (Lipinski definition) is 2. The SMILES string of the molecule is Nc1ccc(NCCc2cscn2)c2ncc(Br)cc12. The average Bonchev–Trinajstić information content (AvgIpc) is 2.95. The zero-order valence-corrected chi connectivity index (χ0v) is 13.0. The van der Waals surface area contributed by atoms with Gasteiger partial charge in [-0.05, 0) is 34.1 Å². The molecule has 0 bridgehead atoms. The van der Waals surface area contributed by atoms with E-state index in [4.69, 9.17) is 5.73 Å². The molecular weight excluding hydrogens is 336 g/mol. The molecule has 0 saturated carbocycles. The molecule has 0 aliphatic carbocycles. The Morgan fingerprint density at radius 2 is 2.20 bits per heavy atom. The summed E-state index contributed by atoms with van der Waals surface area (Å²) in [4.78, 5) is 8.73. The van der Waals surface area contributed by atoms with Gasteiger partial charge in [-0.3, -0.25) is 4.98 Å². The zero-order valence-electron chi connectivity index (χ0n) is 10.6. The molecule has 3 aromatic rings. The molecule has 3 N–H and O–H groups in total. The molecular formula is C14H13BrN4S. The minimum atomic E-state index is 0.735. The third kappa shape index (κ3) is 2.76. The van der Waals surface area contributed by atoms with Gasteiger partial charge in [-0.15, -0.1) is 11.3 Å². The third-order valence-electron chi connectivity index (χ3n) is 3.03. The summed E-state index contributed by atoms with van der Waals surface area (Å²) in [6, 6.07) is 5.87. The molecule has 102 valence electrons. The van der Waals surface area contributed by atoms with Crippen molar-refractivity contribution in [2.75, 3.05) is 17.6 Å². The number of nitrogens with zero attached hydrogens (tertiary/aromatic N) is 2. The largest absolute Gasteiger partial charge is 0.398 e. The van der Waals surface area contributed by atoms with E-state index < -0.39 is 0 Å². The second-order valence-electron chi connectivity index (χ2n) is 4.41. The topological polar surface area (TPSA) is 63.8 Å². The van der Waals surface area contributed by atoms with E-state index in [2.05, 4.69) is 36.6 Å². The van der Waals surface area contributed by atoms with Crippen LogP contribution in [0.5, 0.6) is 0 Å². The van der Waals surface area contributed by atoms with Crippen LogP contribution in [0.2, 0.25) is 0 Å². The summed E-state index contributed by atoms with van der Waals surface area (Å²) < 4.78 is 0.927. The maximum absolute atomic E-state index is 6.00. The van der Waals surface area contributed by atoms with Crippen LogP contribution < -0.4 is 11.1 Å². The number of rotatable bonds is 4. The molecule has 0 saturated heterocycles. The zero-order chi connectivity index (χ0) is 13.9. The molecule has 0 aliphatic rings. The van der Waals surface area contributed by atoms with Gasteiger partial charge < -0.3 is 11.1 Å². The lowest BCUT2D eigenvalue weighted by atomic mass is 10.1. The highest BCUT2D eigenvalue weighted by atomic mass is 79.9. The fourth-order valence-corrected chi connectivity index (χ4v) is 2.97. The number of anilines is 2. The first-order valence-corrected chi connectivity index (χ1v) is 7.92. The number of aromatic nitrogens is 2. The number of benzene rings is 1. The number of pyridine rings is 1. The lowest BCUT2D eigenvalue weighted by Crippen LogP contribution is -2.06. The Bertz CT molecular complexity index is 727. The fourth-order valence-electron chi connectivity index (χ4n) is 2.04. The van der Waals surface area contributed by atoms with E-state index in [1.807, 2.05) is 23.7 Å². The normalized spacial score (nSPS) is 10.8. The van der Waals surface area contributed by atoms with Gasteiger partial charge in [-0.1, -0.05) is 0 Å². The van der Waals surface area contributed by atoms with Crippen molar-refractivity contribution in [3.8, 4) is 0 Å². The summed E-state index contributed by atoms with van der Waals surface area (Å²) in [6.45, 7) is 0.820. The van der Waals surface area contributed by atoms with Gasteiger partial charge in [0, 0.05) is 40.1 Å². The van der Waals surface area contributed by atoms with Crippen molar-refractivity contribution in [2.24, 2.45) is 0 Å². The lowest BCUT2D eigenvalue weighted by Gasteiger charge is -2.10. The molecule has 1 aromatic carbocycles. The predicted octanol–water partition coefficient (Wildman–Crippen LogP) is 3.69. The maximum Gasteiger partial charge on any atom is 0.0954 e. The van der Waals surface area contributed by atoms with Crippen LogP contribution in [-0.2, 0) is 6.42 Å². The molecule has 3 rings (SSSR count). The molecule has 0 aliphatic heterocycles. The summed E-state index contributed by atoms with van der Waals surface area (Å²) in [5, 5.41) is 6.43. The van der Waals surface area contributed by atoms with Crippen LogP contribution in [0, 0.1) is 0 Å². The molecule has 0 atom stereocenters. The van der Waals surface area contributed by atoms with Gasteiger partial charge in [0.2, 0.25) is 0 Å². The molecule has 0 spiro atoms. The highest BCUT2D eigenvalue weighted by Crippen LogP contribution is 2.28. The highest BCUT2D eigenvalue weighted by molar-refractivity contribution is 9.10. The number of nitrogen functional groups attached to an aromatic ring is 1. The Morgan fingerprint density at radius 3 is 3.00 bits per heavy atom. The minimum Gasteiger partial charge on any atom is -0.398 e. The molecule has 0 fully saturated rings. The van der Waals surface area contributed by atoms with Crippen molar-refractivity contribution in [2.45, 2.75) is 6.42 Å². The van der Waals surface area contributed by atoms with Crippen LogP contribution in [0.4, 0.5) is 11.4 Å². The van der Waals surface area contributed by atoms with E-state index in [9.17, 15) is 0 Å². The average molecular weight is 349 g/mol. The molecule has 0 amide bonds. The van der Waals surface area contributed by atoms with E-state index >= 15 is 0 Å². The number of halogens is 1. The Kier molecular flexibility index (Phi) is 3.84. The summed E-state index contributed by atoms with van der Waals surface area (Å²) in [5.41, 5.74) is 11.6. The molecule has 0 unspecified atom stereocenters. The van der Waals surface area contributed by atoms with Crippen molar-refractivity contribution in [3.63, 3.8) is 0 Å². The smallest absolute Gasteiger partial charge is 0.0954 e. The van der Waals surface area contributed by atoms with Gasteiger partial charge in [0.15, 0.2) is 0 Å². The third-order valence-corrected chi connectivity index (χ3v) is 4.10. The number of nitrogens with two attached hydrogens (primary N) is 1. The van der Waals surface area contributed by atoms with Gasteiger partial charge in [-0.2, -0.15) is 0 Å². The monoisotopic (exact) mass is 348 g/mol. The number of hydrogen-bond acceptors (Lipinski definition) is 5. The summed E-state index contributed by atoms with van der Waals surface area (Å²) in [7, 11) is 0. The molecule has 2 aromatic heterocycles. The van der Waals surface area contributed by atoms with E-state index in [0.29, 0.717) is 0 Å². The molecule has 6 heteroatoms. The lowest BCUT2D eigenvalue weighted by molar-refractivity contribution is 0.978. The standard InChI is InChI=1S/C14H13BrN4S/c15-9-5-11-12(16)1-2-13(14(11)18-6-9)17-4-3-10-7-20-8-19-10/h1-2,5-8,17H,3-4,16H2. The summed E-state index contributed by atoms with van der Waals surface area (Å²) in [6.07, 6.45) is 2.68. The Labute approximate surface area is 129 Å². The number of nitrogens with one attached hydrogen (secondary N) is 1. The van der Waals surface area contributed by atoms with Crippen LogP contribution in [-0.4, -0.2) is 16.5 Å². The van der Waals surface area contributed by atoms with Gasteiger partial charge >= 0.3 is 0 Å². The summed E-state index contributed by atoms with van der Waals surface area (Å²) in [5.74, 6) is 0.